The summed E-state index contributed by atoms with van der Waals surface area (Å²) in [7, 11) is 0. The zero-order valence-electron chi connectivity index (χ0n) is 8.54. The van der Waals surface area contributed by atoms with Crippen LogP contribution in [0.5, 0.6) is 0 Å². The molecule has 16 heavy (non-hydrogen) atoms. The van der Waals surface area contributed by atoms with E-state index in [1.165, 1.54) is 0 Å². The summed E-state index contributed by atoms with van der Waals surface area (Å²) in [4.78, 5) is 0. The van der Waals surface area contributed by atoms with E-state index in [0.717, 1.165) is 22.2 Å². The average molecular weight is 213 g/mol. The fourth-order valence-electron chi connectivity index (χ4n) is 1.75. The van der Waals surface area contributed by atoms with E-state index in [2.05, 4.69) is 5.43 Å². The monoisotopic (exact) mass is 213 g/mol. The molecule has 1 aliphatic heterocycles. The van der Waals surface area contributed by atoms with Crippen molar-refractivity contribution in [1.29, 1.82) is 0 Å². The van der Waals surface area contributed by atoms with Gasteiger partial charge in [-0.25, -0.2) is 0 Å². The molecule has 0 fully saturated rings. The molecular weight excluding hydrogens is 202 g/mol. The van der Waals surface area contributed by atoms with E-state index in [0.29, 0.717) is 0 Å². The Morgan fingerprint density at radius 1 is 0.875 bits per heavy atom. The van der Waals surface area contributed by atoms with Crippen molar-refractivity contribution >= 4 is 17.1 Å². The van der Waals surface area contributed by atoms with Gasteiger partial charge in [-0.05, 0) is 24.3 Å². The Bertz CT molecular complexity index is 501. The van der Waals surface area contributed by atoms with Crippen LogP contribution in [0.3, 0.4) is 0 Å². The third-order valence-electron chi connectivity index (χ3n) is 2.54. The highest BCUT2D eigenvalue weighted by molar-refractivity contribution is 5.78. The summed E-state index contributed by atoms with van der Waals surface area (Å²) < 4.78 is 0. The number of hydrogen-bond donors (Lipinski definition) is 2. The van der Waals surface area contributed by atoms with Crippen LogP contribution in [0.2, 0.25) is 0 Å². The van der Waals surface area contributed by atoms with Gasteiger partial charge in [0.25, 0.3) is 0 Å². The summed E-state index contributed by atoms with van der Waals surface area (Å²) >= 11 is 0. The zero-order valence-corrected chi connectivity index (χ0v) is 8.54. The highest BCUT2D eigenvalue weighted by atomic mass is 16.6. The van der Waals surface area contributed by atoms with Crippen LogP contribution >= 0.6 is 0 Å². The number of rotatable bonds is 1. The minimum atomic E-state index is 0.742. The van der Waals surface area contributed by atoms with Crippen LogP contribution in [0.25, 0.3) is 0 Å². The van der Waals surface area contributed by atoms with Crippen LogP contribution in [0, 0.1) is 0 Å². The van der Waals surface area contributed by atoms with Crippen LogP contribution in [-0.2, 0) is 0 Å². The molecule has 80 valence electrons. The van der Waals surface area contributed by atoms with Gasteiger partial charge in [-0.3, -0.25) is 10.6 Å². The van der Waals surface area contributed by atoms with E-state index in [4.69, 9.17) is 0 Å². The molecule has 0 unspecified atom stereocenters. The Labute approximate surface area is 93.2 Å². The van der Waals surface area contributed by atoms with E-state index >= 15 is 0 Å². The first kappa shape index (κ1) is 9.06. The van der Waals surface area contributed by atoms with Crippen LogP contribution in [0.1, 0.15) is 0 Å². The minimum absolute atomic E-state index is 0.742. The lowest BCUT2D eigenvalue weighted by molar-refractivity contribution is 0.256. The quantitative estimate of drug-likeness (QED) is 0.763. The lowest BCUT2D eigenvalue weighted by Gasteiger charge is -2.24. The van der Waals surface area contributed by atoms with Crippen molar-refractivity contribution < 1.29 is 5.21 Å². The molecule has 0 aliphatic carbocycles. The van der Waals surface area contributed by atoms with E-state index in [-0.39, 0.29) is 0 Å². The maximum atomic E-state index is 9.99. The molecule has 4 nitrogen and oxygen atoms in total. The molecule has 0 bridgehead atoms. The Morgan fingerprint density at radius 3 is 2.31 bits per heavy atom. The van der Waals surface area contributed by atoms with Gasteiger partial charge in [-0.2, -0.15) is 5.12 Å². The molecule has 0 saturated carbocycles. The molecule has 0 atom stereocenters. The number of anilines is 3. The fourth-order valence-corrected chi connectivity index (χ4v) is 1.75. The number of hydrogen-bond acceptors (Lipinski definition) is 4. The number of nitrogens with one attached hydrogen (secondary N) is 1. The Morgan fingerprint density at radius 2 is 1.56 bits per heavy atom. The molecule has 0 saturated heterocycles. The summed E-state index contributed by atoms with van der Waals surface area (Å²) in [6.45, 7) is 0. The first-order chi connectivity index (χ1) is 7.86. The van der Waals surface area contributed by atoms with Gasteiger partial charge in [0, 0.05) is 0 Å². The van der Waals surface area contributed by atoms with Gasteiger partial charge in [-0.15, -0.1) is 5.17 Å². The summed E-state index contributed by atoms with van der Waals surface area (Å²) in [5.41, 5.74) is 5.61. The van der Waals surface area contributed by atoms with Crippen molar-refractivity contribution in [1.82, 2.24) is 0 Å². The van der Waals surface area contributed by atoms with Gasteiger partial charge in [0.05, 0.1) is 11.4 Å². The van der Waals surface area contributed by atoms with Crippen LogP contribution in [0.4, 0.5) is 17.1 Å². The molecule has 0 radical (unpaired) electrons. The predicted molar refractivity (Wildman–Crippen MR) is 63.3 cm³/mol. The smallest absolute Gasteiger partial charge is 0.115 e. The highest BCUT2D eigenvalue weighted by Crippen LogP contribution is 2.34. The maximum Gasteiger partial charge on any atom is 0.115 e. The first-order valence-corrected chi connectivity index (χ1v) is 5.06. The molecule has 0 amide bonds. The number of para-hydroxylation sites is 3. The van der Waals surface area contributed by atoms with Crippen molar-refractivity contribution in [3.05, 3.63) is 54.6 Å². The Hall–Kier alpha value is -2.20. The van der Waals surface area contributed by atoms with Gasteiger partial charge < -0.3 is 0 Å². The summed E-state index contributed by atoms with van der Waals surface area (Å²) in [6.07, 6.45) is 0. The molecule has 2 aromatic carbocycles. The third-order valence-corrected chi connectivity index (χ3v) is 2.54. The largest absolute Gasteiger partial charge is 0.275 e. The SMILES string of the molecule is ON1c2ccccc2NN1c1ccccc1. The normalized spacial score (nSPS) is 13.6. The minimum Gasteiger partial charge on any atom is -0.275 e. The molecule has 3 rings (SSSR count). The lowest BCUT2D eigenvalue weighted by Crippen LogP contribution is -2.39. The number of benzene rings is 2. The fraction of sp³-hybridized carbons (Fsp3) is 0. The summed E-state index contributed by atoms with van der Waals surface area (Å²) in [5, 5.41) is 12.7. The molecular formula is C12H11N3O. The van der Waals surface area contributed by atoms with E-state index in [1.807, 2.05) is 54.6 Å². The van der Waals surface area contributed by atoms with E-state index in [1.54, 1.807) is 5.12 Å². The van der Waals surface area contributed by atoms with Gasteiger partial charge >= 0.3 is 0 Å². The van der Waals surface area contributed by atoms with Crippen molar-refractivity contribution in [3.63, 3.8) is 0 Å². The maximum absolute atomic E-state index is 9.99. The summed E-state index contributed by atoms with van der Waals surface area (Å²) in [5.74, 6) is 0. The van der Waals surface area contributed by atoms with E-state index in [9.17, 15) is 5.21 Å². The predicted octanol–water partition coefficient (Wildman–Crippen LogP) is 2.64. The summed E-state index contributed by atoms with van der Waals surface area (Å²) in [6, 6.07) is 17.2. The van der Waals surface area contributed by atoms with Crippen LogP contribution in [0.15, 0.2) is 54.6 Å². The van der Waals surface area contributed by atoms with Gasteiger partial charge in [-0.1, -0.05) is 30.3 Å². The second kappa shape index (κ2) is 3.43. The second-order valence-electron chi connectivity index (χ2n) is 3.57. The van der Waals surface area contributed by atoms with Gasteiger partial charge in [0.1, 0.15) is 5.69 Å². The van der Waals surface area contributed by atoms with Crippen molar-refractivity contribution in [2.75, 3.05) is 15.7 Å². The molecule has 2 aromatic rings. The van der Waals surface area contributed by atoms with Crippen molar-refractivity contribution in [2.24, 2.45) is 0 Å². The van der Waals surface area contributed by atoms with Gasteiger partial charge in [0.2, 0.25) is 0 Å². The Balaban J connectivity index is 1.99. The molecule has 1 aliphatic rings. The average Bonchev–Trinajstić information content (AvgIpc) is 2.69. The Kier molecular flexibility index (Phi) is 1.94. The number of hydrazine groups is 2. The zero-order chi connectivity index (χ0) is 11.0. The standard InChI is InChI=1S/C12H11N3O/c16-15-12-9-5-4-8-11(12)13-14(15)10-6-2-1-3-7-10/h1-9,13,16H. The van der Waals surface area contributed by atoms with Crippen LogP contribution in [-0.4, -0.2) is 5.21 Å². The molecule has 1 heterocycles. The van der Waals surface area contributed by atoms with Gasteiger partial charge in [0.15, 0.2) is 0 Å². The first-order valence-electron chi connectivity index (χ1n) is 5.06. The topological polar surface area (TPSA) is 38.7 Å². The molecule has 2 N–H and O–H groups in total. The molecule has 0 spiro atoms. The number of nitrogens with zero attached hydrogens (tertiary/aromatic N) is 2. The van der Waals surface area contributed by atoms with Crippen LogP contribution < -0.4 is 15.7 Å². The van der Waals surface area contributed by atoms with E-state index < -0.39 is 0 Å². The molecule has 0 aromatic heterocycles. The second-order valence-corrected chi connectivity index (χ2v) is 3.57. The lowest BCUT2D eigenvalue weighted by atomic mass is 10.3. The highest BCUT2D eigenvalue weighted by Gasteiger charge is 2.25. The number of fused-ring (bicyclic) bond motifs is 1. The van der Waals surface area contributed by atoms with Crippen molar-refractivity contribution in [2.45, 2.75) is 0 Å². The molecule has 4 heteroatoms. The van der Waals surface area contributed by atoms with Crippen molar-refractivity contribution in [3.8, 4) is 0 Å². The third kappa shape index (κ3) is 1.28.